The van der Waals surface area contributed by atoms with Crippen molar-refractivity contribution in [3.8, 4) is 0 Å². The molecule has 24 heavy (non-hydrogen) atoms. The van der Waals surface area contributed by atoms with Crippen LogP contribution in [0.5, 0.6) is 0 Å². The Morgan fingerprint density at radius 1 is 1.17 bits per heavy atom. The quantitative estimate of drug-likeness (QED) is 0.805. The molecule has 0 saturated heterocycles. The van der Waals surface area contributed by atoms with Gasteiger partial charge in [0.05, 0.1) is 5.41 Å². The summed E-state index contributed by atoms with van der Waals surface area (Å²) in [6, 6.07) is 9.78. The summed E-state index contributed by atoms with van der Waals surface area (Å²) < 4.78 is 1.97. The fourth-order valence-electron chi connectivity index (χ4n) is 3.30. The second-order valence-electron chi connectivity index (χ2n) is 6.14. The molecule has 1 aromatic heterocycles. The average molecular weight is 326 g/mol. The summed E-state index contributed by atoms with van der Waals surface area (Å²) in [5.41, 5.74) is 1.32. The molecule has 2 heterocycles. The van der Waals surface area contributed by atoms with Gasteiger partial charge in [-0.05, 0) is 43.0 Å². The van der Waals surface area contributed by atoms with Gasteiger partial charge in [0.2, 0.25) is 0 Å². The standard InChI is InChI=1S/C18H18N2O4/c1-10-15(17(23)24)19-12(16(21)22)9-18(10,2)14-8-11-6-4-5-7-13(11)20(14)3/h4-9,19H,1-3H3,(H,21,22)(H,23,24). The minimum atomic E-state index is -1.19. The fourth-order valence-corrected chi connectivity index (χ4v) is 3.30. The van der Waals surface area contributed by atoms with Crippen LogP contribution < -0.4 is 5.32 Å². The van der Waals surface area contributed by atoms with Gasteiger partial charge in [0.15, 0.2) is 0 Å². The first-order chi connectivity index (χ1) is 11.3. The van der Waals surface area contributed by atoms with Gasteiger partial charge in [-0.15, -0.1) is 0 Å². The Hall–Kier alpha value is -3.02. The first-order valence-electron chi connectivity index (χ1n) is 7.48. The van der Waals surface area contributed by atoms with Crippen molar-refractivity contribution in [3.05, 3.63) is 59.1 Å². The summed E-state index contributed by atoms with van der Waals surface area (Å²) in [6.45, 7) is 3.55. The molecular weight excluding hydrogens is 308 g/mol. The number of aliphatic carboxylic acids is 2. The number of aryl methyl sites for hydroxylation is 1. The van der Waals surface area contributed by atoms with Crippen LogP contribution in [0.15, 0.2) is 53.4 Å². The zero-order valence-corrected chi connectivity index (χ0v) is 13.6. The Bertz CT molecular complexity index is 936. The van der Waals surface area contributed by atoms with Crippen LogP contribution in [0.1, 0.15) is 19.5 Å². The van der Waals surface area contributed by atoms with Gasteiger partial charge >= 0.3 is 11.9 Å². The highest BCUT2D eigenvalue weighted by Crippen LogP contribution is 2.40. The number of dihydropyridines is 1. The molecule has 0 bridgehead atoms. The normalized spacial score (nSPS) is 20.7. The predicted molar refractivity (Wildman–Crippen MR) is 89.5 cm³/mol. The predicted octanol–water partition coefficient (Wildman–Crippen LogP) is 2.37. The second-order valence-corrected chi connectivity index (χ2v) is 6.14. The summed E-state index contributed by atoms with van der Waals surface area (Å²) in [7, 11) is 1.90. The highest BCUT2D eigenvalue weighted by Gasteiger charge is 2.38. The van der Waals surface area contributed by atoms with Crippen molar-refractivity contribution < 1.29 is 19.8 Å². The molecule has 1 atom stereocenters. The van der Waals surface area contributed by atoms with Crippen LogP contribution in [-0.4, -0.2) is 26.7 Å². The van der Waals surface area contributed by atoms with Crippen LogP contribution in [0.3, 0.4) is 0 Å². The molecule has 0 amide bonds. The number of allylic oxidation sites excluding steroid dienone is 2. The van der Waals surface area contributed by atoms with Crippen molar-refractivity contribution in [2.24, 2.45) is 7.05 Å². The summed E-state index contributed by atoms with van der Waals surface area (Å²) in [4.78, 5) is 23.0. The van der Waals surface area contributed by atoms with Crippen LogP contribution in [0.4, 0.5) is 0 Å². The molecule has 1 aliphatic heterocycles. The Morgan fingerprint density at radius 3 is 2.42 bits per heavy atom. The van der Waals surface area contributed by atoms with Crippen molar-refractivity contribution in [1.82, 2.24) is 9.88 Å². The third-order valence-corrected chi connectivity index (χ3v) is 4.77. The van der Waals surface area contributed by atoms with Crippen LogP contribution >= 0.6 is 0 Å². The molecule has 124 valence electrons. The van der Waals surface area contributed by atoms with E-state index in [2.05, 4.69) is 5.32 Å². The van der Waals surface area contributed by atoms with Crippen LogP contribution in [-0.2, 0) is 22.1 Å². The van der Waals surface area contributed by atoms with E-state index in [1.54, 1.807) is 13.0 Å². The van der Waals surface area contributed by atoms with Gasteiger partial charge < -0.3 is 20.1 Å². The summed E-state index contributed by atoms with van der Waals surface area (Å²) in [6.07, 6.45) is 1.57. The minimum Gasteiger partial charge on any atom is -0.477 e. The maximum atomic E-state index is 11.6. The van der Waals surface area contributed by atoms with E-state index < -0.39 is 17.4 Å². The third-order valence-electron chi connectivity index (χ3n) is 4.77. The number of carbonyl (C=O) groups is 2. The van der Waals surface area contributed by atoms with Gasteiger partial charge in [0, 0.05) is 18.3 Å². The molecule has 1 unspecified atom stereocenters. The average Bonchev–Trinajstić information content (AvgIpc) is 2.87. The lowest BCUT2D eigenvalue weighted by molar-refractivity contribution is -0.133. The number of benzene rings is 1. The number of carboxylic acid groups (broad SMARTS) is 2. The van der Waals surface area contributed by atoms with Gasteiger partial charge in [0.1, 0.15) is 11.4 Å². The van der Waals surface area contributed by atoms with Crippen molar-refractivity contribution >= 4 is 22.8 Å². The largest absolute Gasteiger partial charge is 0.477 e. The lowest BCUT2D eigenvalue weighted by Crippen LogP contribution is -2.38. The van der Waals surface area contributed by atoms with Crippen molar-refractivity contribution in [1.29, 1.82) is 0 Å². The van der Waals surface area contributed by atoms with E-state index in [0.717, 1.165) is 16.6 Å². The van der Waals surface area contributed by atoms with E-state index in [1.807, 2.05) is 48.9 Å². The minimum absolute atomic E-state index is 0.0948. The molecule has 0 fully saturated rings. The molecule has 0 saturated carbocycles. The van der Waals surface area contributed by atoms with Crippen LogP contribution in [0.2, 0.25) is 0 Å². The van der Waals surface area contributed by atoms with E-state index in [4.69, 9.17) is 0 Å². The number of aromatic nitrogens is 1. The van der Waals surface area contributed by atoms with Gasteiger partial charge in [-0.1, -0.05) is 18.2 Å². The highest BCUT2D eigenvalue weighted by atomic mass is 16.4. The first kappa shape index (κ1) is 15.9. The lowest BCUT2D eigenvalue weighted by atomic mass is 9.76. The smallest absolute Gasteiger partial charge is 0.352 e. The molecule has 6 nitrogen and oxygen atoms in total. The number of hydrogen-bond donors (Lipinski definition) is 3. The van der Waals surface area contributed by atoms with E-state index >= 15 is 0 Å². The maximum Gasteiger partial charge on any atom is 0.352 e. The van der Waals surface area contributed by atoms with E-state index in [1.165, 1.54) is 0 Å². The summed E-state index contributed by atoms with van der Waals surface area (Å²) >= 11 is 0. The Balaban J connectivity index is 2.31. The topological polar surface area (TPSA) is 91.6 Å². The van der Waals surface area contributed by atoms with E-state index in [-0.39, 0.29) is 11.4 Å². The maximum absolute atomic E-state index is 11.6. The zero-order chi connectivity index (χ0) is 17.6. The number of fused-ring (bicyclic) bond motifs is 1. The number of nitrogens with one attached hydrogen (secondary N) is 1. The van der Waals surface area contributed by atoms with Crippen molar-refractivity contribution in [2.45, 2.75) is 19.3 Å². The second kappa shape index (κ2) is 5.26. The van der Waals surface area contributed by atoms with Crippen LogP contribution in [0.25, 0.3) is 10.9 Å². The number of rotatable bonds is 3. The number of para-hydroxylation sites is 1. The number of hydrogen-bond acceptors (Lipinski definition) is 3. The van der Waals surface area contributed by atoms with Crippen LogP contribution in [0, 0.1) is 0 Å². The SMILES string of the molecule is CC1=C(C(=O)O)NC(C(=O)O)=CC1(C)c1cc2ccccc2n1C. The molecular formula is C18H18N2O4. The molecule has 0 aliphatic carbocycles. The summed E-state index contributed by atoms with van der Waals surface area (Å²) in [5.74, 6) is -2.37. The number of nitrogens with zero attached hydrogens (tertiary/aromatic N) is 1. The number of carboxylic acids is 2. The first-order valence-corrected chi connectivity index (χ1v) is 7.48. The molecule has 6 heteroatoms. The monoisotopic (exact) mass is 326 g/mol. The molecule has 1 aromatic carbocycles. The van der Waals surface area contributed by atoms with E-state index in [0.29, 0.717) is 5.57 Å². The molecule has 2 aromatic rings. The van der Waals surface area contributed by atoms with E-state index in [9.17, 15) is 19.8 Å². The third kappa shape index (κ3) is 2.19. The van der Waals surface area contributed by atoms with Gasteiger partial charge in [-0.2, -0.15) is 0 Å². The molecule has 3 N–H and O–H groups in total. The molecule has 1 aliphatic rings. The van der Waals surface area contributed by atoms with Gasteiger partial charge in [-0.3, -0.25) is 0 Å². The van der Waals surface area contributed by atoms with Gasteiger partial charge in [-0.25, -0.2) is 9.59 Å². The molecule has 0 spiro atoms. The summed E-state index contributed by atoms with van der Waals surface area (Å²) in [5, 5.41) is 22.3. The van der Waals surface area contributed by atoms with Crippen molar-refractivity contribution in [3.63, 3.8) is 0 Å². The fraction of sp³-hybridized carbons (Fsp3) is 0.222. The Kier molecular flexibility index (Phi) is 3.48. The molecule has 3 rings (SSSR count). The Morgan fingerprint density at radius 2 is 1.83 bits per heavy atom. The molecule has 0 radical (unpaired) electrons. The lowest BCUT2D eigenvalue weighted by Gasteiger charge is -2.34. The Labute approximate surface area is 138 Å². The van der Waals surface area contributed by atoms with Gasteiger partial charge in [0.25, 0.3) is 0 Å². The van der Waals surface area contributed by atoms with Crippen molar-refractivity contribution in [2.75, 3.05) is 0 Å². The zero-order valence-electron chi connectivity index (χ0n) is 13.6. The highest BCUT2D eigenvalue weighted by molar-refractivity contribution is 5.94.